The van der Waals surface area contributed by atoms with Gasteiger partial charge in [0.05, 0.1) is 11.5 Å². The van der Waals surface area contributed by atoms with Gasteiger partial charge in [0.15, 0.2) is 0 Å². The van der Waals surface area contributed by atoms with Crippen LogP contribution in [0.2, 0.25) is 0 Å². The second kappa shape index (κ2) is 5.86. The fourth-order valence-corrected chi connectivity index (χ4v) is 3.11. The highest BCUT2D eigenvalue weighted by Gasteiger charge is 2.29. The summed E-state index contributed by atoms with van der Waals surface area (Å²) >= 11 is 0. The Balaban J connectivity index is 3.20. The quantitative estimate of drug-likeness (QED) is 0.841. The van der Waals surface area contributed by atoms with E-state index in [1.807, 2.05) is 0 Å². The molecule has 0 saturated heterocycles. The number of amides is 1. The number of aryl methyl sites for hydroxylation is 1. The van der Waals surface area contributed by atoms with Crippen LogP contribution in [0.1, 0.15) is 19.4 Å². The van der Waals surface area contributed by atoms with Crippen LogP contribution in [0.3, 0.4) is 0 Å². The Labute approximate surface area is 107 Å². The molecule has 0 aliphatic rings. The summed E-state index contributed by atoms with van der Waals surface area (Å²) in [6.07, 6.45) is -0.844. The molecule has 0 radical (unpaired) electrons. The van der Waals surface area contributed by atoms with Crippen LogP contribution in [-0.4, -0.2) is 32.0 Å². The van der Waals surface area contributed by atoms with Gasteiger partial charge in [0.25, 0.3) is 10.0 Å². The van der Waals surface area contributed by atoms with E-state index in [0.717, 1.165) is 4.31 Å². The van der Waals surface area contributed by atoms with Crippen molar-refractivity contribution >= 4 is 16.1 Å². The summed E-state index contributed by atoms with van der Waals surface area (Å²) < 4.78 is 30.1. The molecule has 0 saturated carbocycles. The van der Waals surface area contributed by atoms with Crippen LogP contribution < -0.4 is 0 Å². The summed E-state index contributed by atoms with van der Waals surface area (Å²) in [6.45, 7) is 5.08. The highest BCUT2D eigenvalue weighted by molar-refractivity contribution is 7.89. The molecule has 0 N–H and O–H groups in total. The normalized spacial score (nSPS) is 11.1. The average Bonchev–Trinajstić information content (AvgIpc) is 2.30. The molecule has 0 spiro atoms. The zero-order valence-corrected chi connectivity index (χ0v) is 11.5. The highest BCUT2D eigenvalue weighted by atomic mass is 32.2. The van der Waals surface area contributed by atoms with Crippen molar-refractivity contribution < 1.29 is 17.9 Å². The fraction of sp³-hybridized carbons (Fsp3) is 0.417. The third-order valence-electron chi connectivity index (χ3n) is 2.42. The second-order valence-corrected chi connectivity index (χ2v) is 5.46. The minimum Gasteiger partial charge on any atom is -0.449 e. The van der Waals surface area contributed by atoms with Crippen LogP contribution in [0.4, 0.5) is 4.79 Å². The molecule has 6 heteroatoms. The molecule has 0 aliphatic heterocycles. The van der Waals surface area contributed by atoms with Crippen molar-refractivity contribution in [3.05, 3.63) is 29.8 Å². The predicted octanol–water partition coefficient (Wildman–Crippen LogP) is 2.16. The molecule has 0 heterocycles. The first-order chi connectivity index (χ1) is 8.45. The van der Waals surface area contributed by atoms with Crippen LogP contribution in [0, 0.1) is 6.92 Å². The lowest BCUT2D eigenvalue weighted by Gasteiger charge is -2.20. The lowest BCUT2D eigenvalue weighted by molar-refractivity contribution is 0.132. The molecule has 0 bridgehead atoms. The number of carbonyl (C=O) groups excluding carboxylic acids is 1. The number of hydrogen-bond acceptors (Lipinski definition) is 4. The molecule has 0 aromatic heterocycles. The van der Waals surface area contributed by atoms with Crippen molar-refractivity contribution in [2.24, 2.45) is 0 Å². The molecule has 0 fully saturated rings. The zero-order valence-electron chi connectivity index (χ0n) is 10.7. The van der Waals surface area contributed by atoms with Gasteiger partial charge in [0.1, 0.15) is 0 Å². The number of nitrogens with zero attached hydrogens (tertiary/aromatic N) is 1. The molecule has 1 rings (SSSR count). The van der Waals surface area contributed by atoms with Gasteiger partial charge in [-0.15, -0.1) is 0 Å². The molecule has 0 unspecified atom stereocenters. The maximum Gasteiger partial charge on any atom is 0.423 e. The molecule has 18 heavy (non-hydrogen) atoms. The van der Waals surface area contributed by atoms with Crippen LogP contribution in [0.5, 0.6) is 0 Å². The van der Waals surface area contributed by atoms with Gasteiger partial charge in [-0.05, 0) is 32.4 Å². The van der Waals surface area contributed by atoms with Crippen molar-refractivity contribution in [1.29, 1.82) is 0 Å². The predicted molar refractivity (Wildman–Crippen MR) is 67.8 cm³/mol. The van der Waals surface area contributed by atoms with Crippen LogP contribution in [0.25, 0.3) is 0 Å². The van der Waals surface area contributed by atoms with E-state index in [1.165, 1.54) is 6.07 Å². The Bertz CT molecular complexity index is 525. The van der Waals surface area contributed by atoms with Gasteiger partial charge >= 0.3 is 6.09 Å². The Kier molecular flexibility index (Phi) is 4.72. The fourth-order valence-electron chi connectivity index (χ4n) is 1.56. The third kappa shape index (κ3) is 2.81. The maximum atomic E-state index is 12.3. The standard InChI is InChI=1S/C12H17NO4S/c1-4-13(12(14)17-5-2)18(15,16)11-9-7-6-8-10(11)3/h6-9H,4-5H2,1-3H3. The molecule has 1 aromatic rings. The topological polar surface area (TPSA) is 63.7 Å². The van der Waals surface area contributed by atoms with Gasteiger partial charge in [-0.1, -0.05) is 18.2 Å². The van der Waals surface area contributed by atoms with Gasteiger partial charge in [-0.3, -0.25) is 0 Å². The molecular weight excluding hydrogens is 254 g/mol. The number of sulfonamides is 1. The molecule has 5 nitrogen and oxygen atoms in total. The van der Waals surface area contributed by atoms with E-state index >= 15 is 0 Å². The minimum absolute atomic E-state index is 0.0372. The molecule has 1 amide bonds. The van der Waals surface area contributed by atoms with Gasteiger partial charge in [-0.25, -0.2) is 17.5 Å². The van der Waals surface area contributed by atoms with E-state index in [9.17, 15) is 13.2 Å². The Morgan fingerprint density at radius 3 is 2.39 bits per heavy atom. The summed E-state index contributed by atoms with van der Waals surface area (Å²) in [6, 6.07) is 6.53. The molecule has 0 atom stereocenters. The smallest absolute Gasteiger partial charge is 0.423 e. The van der Waals surface area contributed by atoms with Crippen LogP contribution >= 0.6 is 0 Å². The molecule has 0 aliphatic carbocycles. The van der Waals surface area contributed by atoms with Crippen molar-refractivity contribution in [1.82, 2.24) is 4.31 Å². The first-order valence-electron chi connectivity index (χ1n) is 5.70. The summed E-state index contributed by atoms with van der Waals surface area (Å²) in [7, 11) is -3.84. The number of carbonyl (C=O) groups is 1. The largest absolute Gasteiger partial charge is 0.449 e. The Hall–Kier alpha value is -1.56. The summed E-state index contributed by atoms with van der Waals surface area (Å²) in [5, 5.41) is 0. The van der Waals surface area contributed by atoms with E-state index in [2.05, 4.69) is 0 Å². The monoisotopic (exact) mass is 271 g/mol. The number of rotatable bonds is 4. The Morgan fingerprint density at radius 1 is 1.28 bits per heavy atom. The second-order valence-electron chi connectivity index (χ2n) is 3.63. The summed E-state index contributed by atoms with van der Waals surface area (Å²) in [4.78, 5) is 11.8. The van der Waals surface area contributed by atoms with E-state index in [0.29, 0.717) is 5.56 Å². The van der Waals surface area contributed by atoms with E-state index in [-0.39, 0.29) is 18.0 Å². The molecular formula is C12H17NO4S. The third-order valence-corrected chi connectivity index (χ3v) is 4.42. The van der Waals surface area contributed by atoms with Crippen molar-refractivity contribution in [3.8, 4) is 0 Å². The van der Waals surface area contributed by atoms with Gasteiger partial charge in [0.2, 0.25) is 0 Å². The van der Waals surface area contributed by atoms with Gasteiger partial charge in [-0.2, -0.15) is 0 Å². The minimum atomic E-state index is -3.84. The first-order valence-corrected chi connectivity index (χ1v) is 7.14. The van der Waals surface area contributed by atoms with E-state index in [1.54, 1.807) is 39.0 Å². The van der Waals surface area contributed by atoms with Crippen LogP contribution in [-0.2, 0) is 14.8 Å². The maximum absolute atomic E-state index is 12.3. The highest BCUT2D eigenvalue weighted by Crippen LogP contribution is 2.19. The zero-order chi connectivity index (χ0) is 13.8. The average molecular weight is 271 g/mol. The number of benzene rings is 1. The van der Waals surface area contributed by atoms with Crippen molar-refractivity contribution in [2.75, 3.05) is 13.2 Å². The lowest BCUT2D eigenvalue weighted by Crippen LogP contribution is -2.37. The van der Waals surface area contributed by atoms with E-state index < -0.39 is 16.1 Å². The first kappa shape index (κ1) is 14.5. The van der Waals surface area contributed by atoms with Gasteiger partial charge in [0, 0.05) is 6.54 Å². The number of ether oxygens (including phenoxy) is 1. The lowest BCUT2D eigenvalue weighted by atomic mass is 10.2. The SMILES string of the molecule is CCOC(=O)N(CC)S(=O)(=O)c1ccccc1C. The summed E-state index contributed by atoms with van der Waals surface area (Å²) in [5.41, 5.74) is 0.597. The van der Waals surface area contributed by atoms with Crippen molar-refractivity contribution in [2.45, 2.75) is 25.7 Å². The van der Waals surface area contributed by atoms with Gasteiger partial charge < -0.3 is 4.74 Å². The van der Waals surface area contributed by atoms with Crippen LogP contribution in [0.15, 0.2) is 29.2 Å². The molecule has 1 aromatic carbocycles. The summed E-state index contributed by atoms with van der Waals surface area (Å²) in [5.74, 6) is 0. The van der Waals surface area contributed by atoms with Crippen molar-refractivity contribution in [3.63, 3.8) is 0 Å². The van der Waals surface area contributed by atoms with E-state index in [4.69, 9.17) is 4.74 Å². The molecule has 100 valence electrons. The number of hydrogen-bond donors (Lipinski definition) is 0. The Morgan fingerprint density at radius 2 is 1.89 bits per heavy atom.